The van der Waals surface area contributed by atoms with Crippen LogP contribution in [0, 0.1) is 0 Å². The molecule has 0 unspecified atom stereocenters. The largest absolute Gasteiger partial charge is 0.493 e. The molecule has 0 aliphatic heterocycles. The van der Waals surface area contributed by atoms with Gasteiger partial charge in [-0.3, -0.25) is 9.89 Å². The van der Waals surface area contributed by atoms with Crippen LogP contribution in [0.4, 0.5) is 0 Å². The smallest absolute Gasteiger partial charge is 0.203 e. The van der Waals surface area contributed by atoms with Gasteiger partial charge in [-0.15, -0.1) is 0 Å². The number of methoxy groups -OCH3 is 3. The predicted molar refractivity (Wildman–Crippen MR) is 69.1 cm³/mol. The van der Waals surface area contributed by atoms with Gasteiger partial charge >= 0.3 is 0 Å². The Hall–Kier alpha value is -2.50. The van der Waals surface area contributed by atoms with E-state index in [9.17, 15) is 4.79 Å². The number of carbonyl (C=O) groups excluding carboxylic acids is 1. The first kappa shape index (κ1) is 12.9. The van der Waals surface area contributed by atoms with Gasteiger partial charge in [-0.1, -0.05) is 0 Å². The molecule has 0 amide bonds. The van der Waals surface area contributed by atoms with Crippen LogP contribution in [0.3, 0.4) is 0 Å². The summed E-state index contributed by atoms with van der Waals surface area (Å²) in [6.07, 6.45) is 2.19. The van der Waals surface area contributed by atoms with E-state index in [0.29, 0.717) is 34.1 Å². The lowest BCUT2D eigenvalue weighted by Crippen LogP contribution is -1.97. The summed E-state index contributed by atoms with van der Waals surface area (Å²) in [7, 11) is 4.60. The van der Waals surface area contributed by atoms with Gasteiger partial charge in [0.2, 0.25) is 5.75 Å². The van der Waals surface area contributed by atoms with Gasteiger partial charge in [0.15, 0.2) is 17.8 Å². The molecule has 100 valence electrons. The van der Waals surface area contributed by atoms with Crippen molar-refractivity contribution >= 4 is 6.29 Å². The number of hydrogen-bond acceptors (Lipinski definition) is 5. The topological polar surface area (TPSA) is 73.4 Å². The van der Waals surface area contributed by atoms with Crippen LogP contribution in [0.15, 0.2) is 18.3 Å². The molecule has 0 spiro atoms. The molecule has 19 heavy (non-hydrogen) atoms. The summed E-state index contributed by atoms with van der Waals surface area (Å²) in [5, 5.41) is 6.64. The van der Waals surface area contributed by atoms with Crippen LogP contribution in [0.25, 0.3) is 11.3 Å². The molecule has 0 radical (unpaired) electrons. The highest BCUT2D eigenvalue weighted by Crippen LogP contribution is 2.44. The van der Waals surface area contributed by atoms with Crippen LogP contribution in [0.1, 0.15) is 10.4 Å². The minimum atomic E-state index is 0.450. The Morgan fingerprint density at radius 3 is 2.42 bits per heavy atom. The lowest BCUT2D eigenvalue weighted by molar-refractivity contribution is 0.112. The monoisotopic (exact) mass is 262 g/mol. The number of nitrogens with one attached hydrogen (secondary N) is 1. The summed E-state index contributed by atoms with van der Waals surface area (Å²) in [6, 6.07) is 3.52. The quantitative estimate of drug-likeness (QED) is 0.833. The molecule has 1 aromatic carbocycles. The Bertz CT molecular complexity index is 592. The van der Waals surface area contributed by atoms with Crippen LogP contribution < -0.4 is 14.2 Å². The highest BCUT2D eigenvalue weighted by molar-refractivity contribution is 5.88. The lowest BCUT2D eigenvalue weighted by atomic mass is 10.1. The number of H-pyrrole nitrogens is 1. The van der Waals surface area contributed by atoms with Crippen molar-refractivity contribution in [3.63, 3.8) is 0 Å². The molecule has 0 aliphatic carbocycles. The molecule has 2 aromatic rings. The highest BCUT2D eigenvalue weighted by Gasteiger charge is 2.19. The third kappa shape index (κ3) is 2.12. The Morgan fingerprint density at radius 1 is 1.11 bits per heavy atom. The maximum absolute atomic E-state index is 11.0. The molecule has 0 saturated heterocycles. The number of aromatic amines is 1. The summed E-state index contributed by atoms with van der Waals surface area (Å²) in [5.41, 5.74) is 1.71. The molecule has 0 atom stereocenters. The van der Waals surface area contributed by atoms with E-state index >= 15 is 0 Å². The number of aromatic nitrogens is 2. The second-order valence-corrected chi connectivity index (χ2v) is 3.70. The fourth-order valence-electron chi connectivity index (χ4n) is 1.90. The van der Waals surface area contributed by atoms with Gasteiger partial charge in [0, 0.05) is 5.56 Å². The molecule has 1 aromatic heterocycles. The molecule has 0 bridgehead atoms. The first-order valence-corrected chi connectivity index (χ1v) is 5.54. The maximum Gasteiger partial charge on any atom is 0.203 e. The van der Waals surface area contributed by atoms with Crippen molar-refractivity contribution in [3.05, 3.63) is 23.9 Å². The van der Waals surface area contributed by atoms with Gasteiger partial charge < -0.3 is 14.2 Å². The summed E-state index contributed by atoms with van der Waals surface area (Å²) in [4.78, 5) is 11.0. The minimum Gasteiger partial charge on any atom is -0.493 e. The van der Waals surface area contributed by atoms with Crippen molar-refractivity contribution in [2.24, 2.45) is 0 Å². The van der Waals surface area contributed by atoms with Gasteiger partial charge in [0.25, 0.3) is 0 Å². The molecular formula is C13H14N2O4. The Kier molecular flexibility index (Phi) is 3.70. The van der Waals surface area contributed by atoms with E-state index in [1.54, 1.807) is 19.2 Å². The molecule has 6 nitrogen and oxygen atoms in total. The number of rotatable bonds is 5. The number of aldehydes is 1. The first-order valence-electron chi connectivity index (χ1n) is 5.54. The van der Waals surface area contributed by atoms with Crippen molar-refractivity contribution < 1.29 is 19.0 Å². The van der Waals surface area contributed by atoms with E-state index in [4.69, 9.17) is 14.2 Å². The summed E-state index contributed by atoms with van der Waals surface area (Å²) in [6.45, 7) is 0. The summed E-state index contributed by atoms with van der Waals surface area (Å²) in [5.74, 6) is 1.50. The highest BCUT2D eigenvalue weighted by atomic mass is 16.5. The SMILES string of the molecule is COc1ccc(-c2[nH]ncc2C=O)c(OC)c1OC. The normalized spacial score (nSPS) is 10.1. The fraction of sp³-hybridized carbons (Fsp3) is 0.231. The molecule has 0 fully saturated rings. The maximum atomic E-state index is 11.0. The second-order valence-electron chi connectivity index (χ2n) is 3.70. The molecule has 0 saturated carbocycles. The van der Waals surface area contributed by atoms with Crippen LogP contribution in [-0.4, -0.2) is 37.8 Å². The van der Waals surface area contributed by atoms with Crippen LogP contribution in [0.5, 0.6) is 17.2 Å². The number of carbonyl (C=O) groups is 1. The second kappa shape index (κ2) is 5.43. The molecule has 1 heterocycles. The van der Waals surface area contributed by atoms with E-state index < -0.39 is 0 Å². The Balaban J connectivity index is 2.67. The zero-order chi connectivity index (χ0) is 13.8. The molecule has 0 aliphatic rings. The van der Waals surface area contributed by atoms with E-state index in [1.165, 1.54) is 20.4 Å². The van der Waals surface area contributed by atoms with Crippen molar-refractivity contribution in [1.29, 1.82) is 0 Å². The number of ether oxygens (including phenoxy) is 3. The Labute approximate surface area is 110 Å². The van der Waals surface area contributed by atoms with E-state index in [-0.39, 0.29) is 0 Å². The zero-order valence-corrected chi connectivity index (χ0v) is 10.9. The Morgan fingerprint density at radius 2 is 1.84 bits per heavy atom. The average Bonchev–Trinajstić information content (AvgIpc) is 2.93. The van der Waals surface area contributed by atoms with Gasteiger partial charge in [-0.05, 0) is 12.1 Å². The fourth-order valence-corrected chi connectivity index (χ4v) is 1.90. The summed E-state index contributed by atoms with van der Waals surface area (Å²) < 4.78 is 15.9. The minimum absolute atomic E-state index is 0.450. The molecular weight excluding hydrogens is 248 g/mol. The van der Waals surface area contributed by atoms with Crippen LogP contribution in [0.2, 0.25) is 0 Å². The van der Waals surface area contributed by atoms with Gasteiger partial charge in [0.05, 0.1) is 38.8 Å². The van der Waals surface area contributed by atoms with Crippen LogP contribution >= 0.6 is 0 Å². The van der Waals surface area contributed by atoms with E-state index in [1.807, 2.05) is 0 Å². The van der Waals surface area contributed by atoms with Crippen molar-refractivity contribution in [1.82, 2.24) is 10.2 Å². The number of hydrogen-bond donors (Lipinski definition) is 1. The van der Waals surface area contributed by atoms with Gasteiger partial charge in [-0.25, -0.2) is 0 Å². The first-order chi connectivity index (χ1) is 9.26. The van der Waals surface area contributed by atoms with Gasteiger partial charge in [-0.2, -0.15) is 5.10 Å². The number of nitrogens with zero attached hydrogens (tertiary/aromatic N) is 1. The predicted octanol–water partition coefficient (Wildman–Crippen LogP) is 1.91. The molecule has 6 heteroatoms. The van der Waals surface area contributed by atoms with E-state index in [2.05, 4.69) is 10.2 Å². The van der Waals surface area contributed by atoms with Crippen LogP contribution in [-0.2, 0) is 0 Å². The van der Waals surface area contributed by atoms with Gasteiger partial charge in [0.1, 0.15) is 0 Å². The van der Waals surface area contributed by atoms with E-state index in [0.717, 1.165) is 6.29 Å². The zero-order valence-electron chi connectivity index (χ0n) is 10.9. The third-order valence-electron chi connectivity index (χ3n) is 2.77. The standard InChI is InChI=1S/C13H14N2O4/c1-17-10-5-4-9(12(18-2)13(10)19-3)11-8(7-16)6-14-15-11/h4-7H,1-3H3,(H,14,15). The summed E-state index contributed by atoms with van der Waals surface area (Å²) >= 11 is 0. The van der Waals surface area contributed by atoms with Crippen molar-refractivity contribution in [3.8, 4) is 28.5 Å². The van der Waals surface area contributed by atoms with Crippen molar-refractivity contribution in [2.45, 2.75) is 0 Å². The van der Waals surface area contributed by atoms with Crippen molar-refractivity contribution in [2.75, 3.05) is 21.3 Å². The third-order valence-corrected chi connectivity index (χ3v) is 2.77. The number of benzene rings is 1. The molecule has 1 N–H and O–H groups in total. The lowest BCUT2D eigenvalue weighted by Gasteiger charge is -2.15. The molecule has 2 rings (SSSR count). The average molecular weight is 262 g/mol.